The van der Waals surface area contributed by atoms with Crippen LogP contribution in [0.3, 0.4) is 0 Å². The monoisotopic (exact) mass is 737 g/mol. The van der Waals surface area contributed by atoms with Gasteiger partial charge in [0.15, 0.2) is 0 Å². The minimum Gasteiger partial charge on any atom is -0.391 e. The van der Waals surface area contributed by atoms with Gasteiger partial charge in [0.25, 0.3) is 0 Å². The molecule has 4 rings (SSSR count). The standard InChI is InChI=1S/C43H68N4O6/c1-5-6-20-40(53-41(29-34-17-11-8-12-18-34)47-26-22-36(23-27-47)52-31-51-4)43(50)46-38(28-33-15-9-7-10-16-33)39(48)30-37(32(2)3)42(49)45-25-21-35-19-13-14-24-44-35/h8,11-14,17-19,24,32-33,36-41,48H,5-7,9-10,15-16,20-23,25-31H2,1-4H3,(H,45,49)(H,46,50)/t37-,38-,39-,40-,41-/m0/s1. The molecule has 0 unspecified atom stereocenters. The topological polar surface area (TPSA) is 122 Å². The van der Waals surface area contributed by atoms with Crippen LogP contribution in [0.15, 0.2) is 54.7 Å². The van der Waals surface area contributed by atoms with Crippen molar-refractivity contribution >= 4 is 11.8 Å². The third-order valence-corrected chi connectivity index (χ3v) is 11.1. The first-order valence-electron chi connectivity index (χ1n) is 20.5. The van der Waals surface area contributed by atoms with Crippen molar-refractivity contribution in [1.29, 1.82) is 0 Å². The quantitative estimate of drug-likeness (QED) is 0.111. The van der Waals surface area contributed by atoms with Crippen molar-refractivity contribution in [1.82, 2.24) is 20.5 Å². The summed E-state index contributed by atoms with van der Waals surface area (Å²) in [5.41, 5.74) is 2.09. The van der Waals surface area contributed by atoms with Gasteiger partial charge in [-0.25, -0.2) is 0 Å². The predicted molar refractivity (Wildman–Crippen MR) is 209 cm³/mol. The van der Waals surface area contributed by atoms with Crippen LogP contribution >= 0.6 is 0 Å². The summed E-state index contributed by atoms with van der Waals surface area (Å²) in [7, 11) is 1.64. The number of methoxy groups -OCH3 is 1. The van der Waals surface area contributed by atoms with Crippen LogP contribution in [-0.2, 0) is 36.6 Å². The van der Waals surface area contributed by atoms with E-state index in [1.807, 2.05) is 50.2 Å². The van der Waals surface area contributed by atoms with Crippen LogP contribution in [-0.4, -0.2) is 90.9 Å². The number of aliphatic hydroxyl groups excluding tert-OH is 1. The molecule has 1 aliphatic carbocycles. The van der Waals surface area contributed by atoms with E-state index < -0.39 is 24.2 Å². The molecular weight excluding hydrogens is 668 g/mol. The van der Waals surface area contributed by atoms with E-state index in [0.717, 1.165) is 62.9 Å². The predicted octanol–water partition coefficient (Wildman–Crippen LogP) is 6.45. The molecule has 5 atom stereocenters. The molecule has 2 amide bonds. The van der Waals surface area contributed by atoms with E-state index in [1.54, 1.807) is 13.3 Å². The lowest BCUT2D eigenvalue weighted by Crippen LogP contribution is -2.53. The molecule has 10 nitrogen and oxygen atoms in total. The lowest BCUT2D eigenvalue weighted by molar-refractivity contribution is -0.157. The van der Waals surface area contributed by atoms with Crippen molar-refractivity contribution in [2.24, 2.45) is 17.8 Å². The zero-order valence-electron chi connectivity index (χ0n) is 32.9. The van der Waals surface area contributed by atoms with Gasteiger partial charge in [-0.2, -0.15) is 0 Å². The van der Waals surface area contributed by atoms with E-state index in [-0.39, 0.29) is 43.3 Å². The number of carbonyl (C=O) groups excluding carboxylic acids is 2. The highest BCUT2D eigenvalue weighted by Gasteiger charge is 2.35. The van der Waals surface area contributed by atoms with Gasteiger partial charge in [0.05, 0.1) is 18.2 Å². The highest BCUT2D eigenvalue weighted by molar-refractivity contribution is 5.81. The number of rotatable bonds is 23. The lowest BCUT2D eigenvalue weighted by Gasteiger charge is -2.39. The molecule has 3 N–H and O–H groups in total. The van der Waals surface area contributed by atoms with Gasteiger partial charge >= 0.3 is 0 Å². The zero-order chi connectivity index (χ0) is 37.8. The van der Waals surface area contributed by atoms with Crippen molar-refractivity contribution in [3.05, 3.63) is 66.0 Å². The maximum absolute atomic E-state index is 14.4. The van der Waals surface area contributed by atoms with E-state index in [2.05, 4.69) is 39.6 Å². The number of pyridine rings is 1. The van der Waals surface area contributed by atoms with Gasteiger partial charge in [-0.05, 0) is 61.6 Å². The molecule has 53 heavy (non-hydrogen) atoms. The minimum absolute atomic E-state index is 0.0222. The van der Waals surface area contributed by atoms with E-state index >= 15 is 0 Å². The Morgan fingerprint density at radius 2 is 1.72 bits per heavy atom. The fourth-order valence-corrected chi connectivity index (χ4v) is 7.88. The van der Waals surface area contributed by atoms with Crippen LogP contribution in [0.25, 0.3) is 0 Å². The van der Waals surface area contributed by atoms with Crippen molar-refractivity contribution in [2.75, 3.05) is 33.5 Å². The number of piperidine rings is 1. The van der Waals surface area contributed by atoms with Gasteiger partial charge in [-0.1, -0.05) is 102 Å². The molecule has 0 bridgehead atoms. The number of amides is 2. The Bertz CT molecular complexity index is 1290. The number of nitrogens with zero attached hydrogens (tertiary/aromatic N) is 2. The smallest absolute Gasteiger partial charge is 0.249 e. The average Bonchev–Trinajstić information content (AvgIpc) is 3.18. The van der Waals surface area contributed by atoms with Gasteiger partial charge in [-0.3, -0.25) is 19.5 Å². The van der Waals surface area contributed by atoms with Crippen molar-refractivity contribution < 1.29 is 28.9 Å². The molecular formula is C43H68N4O6. The second-order valence-corrected chi connectivity index (χ2v) is 15.6. The van der Waals surface area contributed by atoms with Crippen molar-refractivity contribution in [2.45, 2.75) is 141 Å². The fourth-order valence-electron chi connectivity index (χ4n) is 7.88. The van der Waals surface area contributed by atoms with Crippen LogP contribution in [0.1, 0.15) is 109 Å². The zero-order valence-corrected chi connectivity index (χ0v) is 32.9. The van der Waals surface area contributed by atoms with Crippen LogP contribution in [0.5, 0.6) is 0 Å². The van der Waals surface area contributed by atoms with E-state index in [1.165, 1.54) is 19.3 Å². The summed E-state index contributed by atoms with van der Waals surface area (Å²) < 4.78 is 17.9. The molecule has 1 aromatic heterocycles. The normalized spacial score (nSPS) is 19.0. The summed E-state index contributed by atoms with van der Waals surface area (Å²) in [5.74, 6) is -0.180. The van der Waals surface area contributed by atoms with Gasteiger partial charge in [0.1, 0.15) is 19.1 Å². The molecule has 0 radical (unpaired) electrons. The molecule has 1 aromatic carbocycles. The fraction of sp³-hybridized carbons (Fsp3) is 0.698. The molecule has 1 saturated carbocycles. The van der Waals surface area contributed by atoms with Gasteiger partial charge in [0, 0.05) is 57.4 Å². The maximum atomic E-state index is 14.4. The largest absolute Gasteiger partial charge is 0.391 e. The summed E-state index contributed by atoms with van der Waals surface area (Å²) in [5, 5.41) is 18.3. The molecule has 1 saturated heterocycles. The van der Waals surface area contributed by atoms with Crippen LogP contribution in [0.4, 0.5) is 0 Å². The Morgan fingerprint density at radius 1 is 0.981 bits per heavy atom. The Morgan fingerprint density at radius 3 is 2.38 bits per heavy atom. The van der Waals surface area contributed by atoms with Gasteiger partial charge < -0.3 is 30.0 Å². The number of carbonyl (C=O) groups is 2. The van der Waals surface area contributed by atoms with Gasteiger partial charge in [-0.15, -0.1) is 0 Å². The van der Waals surface area contributed by atoms with E-state index in [9.17, 15) is 14.7 Å². The van der Waals surface area contributed by atoms with Crippen molar-refractivity contribution in [3.63, 3.8) is 0 Å². The molecule has 1 aliphatic heterocycles. The SMILES string of the molecule is CCCC[C@H](O[C@@H](Cc1ccccc1)N1CCC(OCOC)CC1)C(=O)N[C@@H](CC1CCCCC1)[C@@H](O)C[C@H](C(=O)NCCc1ccccn1)C(C)C. The number of ether oxygens (including phenoxy) is 3. The first kappa shape index (κ1) is 42.8. The minimum atomic E-state index is -0.868. The molecule has 0 spiro atoms. The maximum Gasteiger partial charge on any atom is 0.249 e. The summed E-state index contributed by atoms with van der Waals surface area (Å²) >= 11 is 0. The summed E-state index contributed by atoms with van der Waals surface area (Å²) in [6.45, 7) is 8.56. The molecule has 2 aliphatic rings. The van der Waals surface area contributed by atoms with Crippen LogP contribution < -0.4 is 10.6 Å². The second kappa shape index (κ2) is 23.8. The van der Waals surface area contributed by atoms with E-state index in [4.69, 9.17) is 14.2 Å². The Kier molecular flexibility index (Phi) is 19.2. The number of hydrogen-bond acceptors (Lipinski definition) is 8. The number of aromatic nitrogens is 1. The Balaban J connectivity index is 1.47. The number of aliphatic hydroxyl groups is 1. The second-order valence-electron chi connectivity index (χ2n) is 15.6. The third kappa shape index (κ3) is 15.0. The number of nitrogens with one attached hydrogen (secondary N) is 2. The number of benzene rings is 1. The number of hydrogen-bond donors (Lipinski definition) is 3. The van der Waals surface area contributed by atoms with Crippen molar-refractivity contribution in [3.8, 4) is 0 Å². The Labute approximate surface area is 319 Å². The Hall–Kier alpha value is -2.89. The molecule has 296 valence electrons. The van der Waals surface area contributed by atoms with Crippen LogP contribution in [0.2, 0.25) is 0 Å². The van der Waals surface area contributed by atoms with Crippen LogP contribution in [0, 0.1) is 17.8 Å². The van der Waals surface area contributed by atoms with E-state index in [0.29, 0.717) is 38.1 Å². The highest BCUT2D eigenvalue weighted by atomic mass is 16.7. The number of unbranched alkanes of at least 4 members (excludes halogenated alkanes) is 1. The molecule has 2 fully saturated rings. The number of likely N-dealkylation sites (tertiary alicyclic amines) is 1. The average molecular weight is 737 g/mol. The van der Waals surface area contributed by atoms with Gasteiger partial charge in [0.2, 0.25) is 11.8 Å². The first-order chi connectivity index (χ1) is 25.8. The first-order valence-corrected chi connectivity index (χ1v) is 20.5. The summed E-state index contributed by atoms with van der Waals surface area (Å²) in [6.07, 6.45) is 12.3. The molecule has 2 heterocycles. The lowest BCUT2D eigenvalue weighted by atomic mass is 9.81. The third-order valence-electron chi connectivity index (χ3n) is 11.1. The summed E-state index contributed by atoms with van der Waals surface area (Å²) in [6, 6.07) is 15.6. The molecule has 10 heteroatoms. The highest BCUT2D eigenvalue weighted by Crippen LogP contribution is 2.30. The summed E-state index contributed by atoms with van der Waals surface area (Å²) in [4.78, 5) is 34.6. The molecule has 2 aromatic rings.